The van der Waals surface area contributed by atoms with Gasteiger partial charge in [0.2, 0.25) is 0 Å². The first kappa shape index (κ1) is 10.7. The quantitative estimate of drug-likeness (QED) is 0.573. The molecular formula is C7H11F4NO. The summed E-state index contributed by atoms with van der Waals surface area (Å²) in [5.74, 6) is 0. The Morgan fingerprint density at radius 2 is 1.92 bits per heavy atom. The van der Waals surface area contributed by atoms with E-state index in [1.165, 1.54) is 0 Å². The third-order valence-corrected chi connectivity index (χ3v) is 2.27. The van der Waals surface area contributed by atoms with Crippen molar-refractivity contribution in [3.63, 3.8) is 0 Å². The van der Waals surface area contributed by atoms with Crippen LogP contribution in [0.1, 0.15) is 12.8 Å². The minimum absolute atomic E-state index is 0.0174. The maximum Gasteiger partial charge on any atom is 0.420 e. The second-order valence-corrected chi connectivity index (χ2v) is 3.18. The third-order valence-electron chi connectivity index (χ3n) is 2.27. The van der Waals surface area contributed by atoms with Crippen molar-refractivity contribution in [1.29, 1.82) is 0 Å². The van der Waals surface area contributed by atoms with Crippen LogP contribution in [0.3, 0.4) is 0 Å². The molecule has 1 fully saturated rings. The zero-order chi connectivity index (χ0) is 10.1. The van der Waals surface area contributed by atoms with E-state index in [2.05, 4.69) is 5.32 Å². The molecule has 0 saturated carbocycles. The van der Waals surface area contributed by atoms with Gasteiger partial charge in [-0.15, -0.1) is 0 Å². The van der Waals surface area contributed by atoms with Crippen LogP contribution in [-0.2, 0) is 0 Å². The summed E-state index contributed by atoms with van der Waals surface area (Å²) < 4.78 is 49.7. The fourth-order valence-electron chi connectivity index (χ4n) is 1.35. The van der Waals surface area contributed by atoms with E-state index in [0.717, 1.165) is 0 Å². The van der Waals surface area contributed by atoms with Gasteiger partial charge in [0.15, 0.2) is 5.60 Å². The van der Waals surface area contributed by atoms with Crippen molar-refractivity contribution in [2.75, 3.05) is 13.1 Å². The lowest BCUT2D eigenvalue weighted by Gasteiger charge is -2.31. The van der Waals surface area contributed by atoms with Gasteiger partial charge in [0.05, 0.1) is 0 Å². The SMILES string of the molecule is O[C@]1(C(F)(F)F)CCNCC[C@H]1F. The summed E-state index contributed by atoms with van der Waals surface area (Å²) in [7, 11) is 0. The van der Waals surface area contributed by atoms with Gasteiger partial charge in [0.1, 0.15) is 6.17 Å². The van der Waals surface area contributed by atoms with Crippen molar-refractivity contribution < 1.29 is 22.7 Å². The normalized spacial score (nSPS) is 37.2. The summed E-state index contributed by atoms with van der Waals surface area (Å²) in [6.45, 7) is 0.149. The van der Waals surface area contributed by atoms with Gasteiger partial charge >= 0.3 is 6.18 Å². The Morgan fingerprint density at radius 1 is 1.31 bits per heavy atom. The Labute approximate surface area is 72.9 Å². The molecule has 78 valence electrons. The number of nitrogens with one attached hydrogen (secondary N) is 1. The molecule has 0 aromatic rings. The van der Waals surface area contributed by atoms with Crippen LogP contribution in [-0.4, -0.2) is 36.1 Å². The van der Waals surface area contributed by atoms with Crippen LogP contribution in [0.4, 0.5) is 17.6 Å². The fraction of sp³-hybridized carbons (Fsp3) is 1.00. The van der Waals surface area contributed by atoms with Crippen molar-refractivity contribution in [1.82, 2.24) is 5.32 Å². The van der Waals surface area contributed by atoms with Gasteiger partial charge in [-0.05, 0) is 19.5 Å². The fourth-order valence-corrected chi connectivity index (χ4v) is 1.35. The van der Waals surface area contributed by atoms with E-state index in [-0.39, 0.29) is 19.5 Å². The smallest absolute Gasteiger partial charge is 0.378 e. The van der Waals surface area contributed by atoms with Gasteiger partial charge in [-0.1, -0.05) is 0 Å². The Morgan fingerprint density at radius 3 is 2.46 bits per heavy atom. The number of rotatable bonds is 0. The zero-order valence-electron chi connectivity index (χ0n) is 6.86. The van der Waals surface area contributed by atoms with Gasteiger partial charge in [-0.2, -0.15) is 13.2 Å². The molecule has 0 aromatic heterocycles. The van der Waals surface area contributed by atoms with Crippen LogP contribution in [0.2, 0.25) is 0 Å². The standard InChI is InChI=1S/C7H11F4NO/c8-5-1-3-12-4-2-6(5,13)7(9,10)11/h5,12-13H,1-4H2/t5-,6-/m1/s1. The largest absolute Gasteiger partial charge is 0.420 e. The highest BCUT2D eigenvalue weighted by Crippen LogP contribution is 2.38. The molecule has 2 atom stereocenters. The van der Waals surface area contributed by atoms with Gasteiger partial charge in [-0.3, -0.25) is 0 Å². The summed E-state index contributed by atoms with van der Waals surface area (Å²) in [5, 5.41) is 11.7. The molecule has 0 spiro atoms. The highest BCUT2D eigenvalue weighted by atomic mass is 19.4. The van der Waals surface area contributed by atoms with Crippen LogP contribution < -0.4 is 5.32 Å². The van der Waals surface area contributed by atoms with E-state index in [0.29, 0.717) is 0 Å². The Hall–Kier alpha value is -0.360. The molecule has 1 saturated heterocycles. The molecule has 6 heteroatoms. The summed E-state index contributed by atoms with van der Waals surface area (Å²) in [5.41, 5.74) is -3.17. The summed E-state index contributed by atoms with van der Waals surface area (Å²) in [6.07, 6.45) is -8.06. The maximum atomic E-state index is 13.0. The minimum Gasteiger partial charge on any atom is -0.378 e. The van der Waals surface area contributed by atoms with Crippen molar-refractivity contribution >= 4 is 0 Å². The van der Waals surface area contributed by atoms with Gasteiger partial charge in [-0.25, -0.2) is 4.39 Å². The molecule has 0 aromatic carbocycles. The van der Waals surface area contributed by atoms with Crippen molar-refractivity contribution in [3.8, 4) is 0 Å². The molecule has 1 rings (SSSR count). The van der Waals surface area contributed by atoms with Crippen molar-refractivity contribution in [3.05, 3.63) is 0 Å². The highest BCUT2D eigenvalue weighted by molar-refractivity contribution is 4.96. The molecule has 1 heterocycles. The third kappa shape index (κ3) is 1.94. The second kappa shape index (κ2) is 3.42. The van der Waals surface area contributed by atoms with Crippen LogP contribution in [0.5, 0.6) is 0 Å². The number of aliphatic hydroxyl groups is 1. The van der Waals surface area contributed by atoms with E-state index < -0.39 is 24.4 Å². The number of alkyl halides is 4. The zero-order valence-corrected chi connectivity index (χ0v) is 6.86. The van der Waals surface area contributed by atoms with Crippen molar-refractivity contribution in [2.24, 2.45) is 0 Å². The van der Waals surface area contributed by atoms with Crippen LogP contribution in [0.15, 0.2) is 0 Å². The van der Waals surface area contributed by atoms with E-state index >= 15 is 0 Å². The van der Waals surface area contributed by atoms with E-state index in [9.17, 15) is 17.6 Å². The first-order chi connectivity index (χ1) is 5.88. The molecule has 0 bridgehead atoms. The van der Waals surface area contributed by atoms with Gasteiger partial charge in [0, 0.05) is 6.42 Å². The van der Waals surface area contributed by atoms with Crippen LogP contribution in [0, 0.1) is 0 Å². The first-order valence-electron chi connectivity index (χ1n) is 4.02. The molecule has 2 nitrogen and oxygen atoms in total. The molecule has 2 N–H and O–H groups in total. The molecule has 0 radical (unpaired) electrons. The average molecular weight is 201 g/mol. The Balaban J connectivity index is 2.83. The van der Waals surface area contributed by atoms with Crippen LogP contribution >= 0.6 is 0 Å². The highest BCUT2D eigenvalue weighted by Gasteiger charge is 2.58. The van der Waals surface area contributed by atoms with E-state index in [1.54, 1.807) is 0 Å². The number of hydrogen-bond acceptors (Lipinski definition) is 2. The Kier molecular flexibility index (Phi) is 2.82. The molecule has 1 aliphatic heterocycles. The lowest BCUT2D eigenvalue weighted by Crippen LogP contribution is -2.52. The summed E-state index contributed by atoms with van der Waals surface area (Å²) in [4.78, 5) is 0. The van der Waals surface area contributed by atoms with Crippen molar-refractivity contribution in [2.45, 2.75) is 30.8 Å². The lowest BCUT2D eigenvalue weighted by molar-refractivity contribution is -0.281. The second-order valence-electron chi connectivity index (χ2n) is 3.18. The van der Waals surface area contributed by atoms with E-state index in [1.807, 2.05) is 0 Å². The van der Waals surface area contributed by atoms with E-state index in [4.69, 9.17) is 5.11 Å². The van der Waals surface area contributed by atoms with Crippen LogP contribution in [0.25, 0.3) is 0 Å². The topological polar surface area (TPSA) is 32.3 Å². The molecule has 13 heavy (non-hydrogen) atoms. The monoisotopic (exact) mass is 201 g/mol. The minimum atomic E-state index is -4.89. The molecule has 0 unspecified atom stereocenters. The predicted molar refractivity (Wildman–Crippen MR) is 38.0 cm³/mol. The molecular weight excluding hydrogens is 190 g/mol. The summed E-state index contributed by atoms with van der Waals surface area (Å²) in [6, 6.07) is 0. The lowest BCUT2D eigenvalue weighted by atomic mass is 9.92. The first-order valence-corrected chi connectivity index (χ1v) is 4.02. The number of hydrogen-bond donors (Lipinski definition) is 2. The molecule has 1 aliphatic rings. The summed E-state index contributed by atoms with van der Waals surface area (Å²) >= 11 is 0. The van der Waals surface area contributed by atoms with Gasteiger partial charge in [0.25, 0.3) is 0 Å². The Bertz CT molecular complexity index is 184. The maximum absolute atomic E-state index is 13.0. The molecule has 0 aliphatic carbocycles. The average Bonchev–Trinajstić information content (AvgIpc) is 2.14. The number of halogens is 4. The molecule has 0 amide bonds. The van der Waals surface area contributed by atoms with Gasteiger partial charge < -0.3 is 10.4 Å². The predicted octanol–water partition coefficient (Wildman–Crippen LogP) is 1.00.